The van der Waals surface area contributed by atoms with E-state index < -0.39 is 35.2 Å². The molecule has 146 valence electrons. The van der Waals surface area contributed by atoms with Crippen LogP contribution in [-0.2, 0) is 29.3 Å². The first kappa shape index (κ1) is 20.2. The van der Waals surface area contributed by atoms with Gasteiger partial charge in [-0.3, -0.25) is 4.90 Å². The monoisotopic (exact) mass is 378 g/mol. The van der Waals surface area contributed by atoms with Crippen LogP contribution < -0.4 is 0 Å². The van der Waals surface area contributed by atoms with Crippen LogP contribution in [-0.4, -0.2) is 64.9 Å². The Morgan fingerprint density at radius 3 is 2.48 bits per heavy atom. The summed E-state index contributed by atoms with van der Waals surface area (Å²) < 4.78 is 16.4. The second-order valence-electron chi connectivity index (χ2n) is 7.11. The van der Waals surface area contributed by atoms with Gasteiger partial charge in [-0.15, -0.1) is 0 Å². The van der Waals surface area contributed by atoms with Crippen LogP contribution in [0.2, 0.25) is 0 Å². The van der Waals surface area contributed by atoms with E-state index in [1.807, 2.05) is 6.07 Å². The Hall–Kier alpha value is -3.09. The molecule has 2 rings (SSSR count). The molecule has 1 fully saturated rings. The van der Waals surface area contributed by atoms with Crippen molar-refractivity contribution in [3.8, 4) is 6.07 Å². The highest BCUT2D eigenvalue weighted by Gasteiger charge is 2.57. The molecular formula is C17H22N4O6. The Balaban J connectivity index is 2.54. The van der Waals surface area contributed by atoms with Gasteiger partial charge in [-0.05, 0) is 20.8 Å². The quantitative estimate of drug-likeness (QED) is 0.559. The number of aromatic nitrogens is 2. The fraction of sp³-hybridized carbons (Fsp3) is 0.588. The Morgan fingerprint density at radius 2 is 1.96 bits per heavy atom. The molecule has 0 N–H and O–H groups in total. The van der Waals surface area contributed by atoms with Gasteiger partial charge in [0.05, 0.1) is 20.8 Å². The lowest BCUT2D eigenvalue weighted by Gasteiger charge is -2.29. The van der Waals surface area contributed by atoms with Gasteiger partial charge in [0, 0.05) is 18.8 Å². The minimum atomic E-state index is -1.51. The summed E-state index contributed by atoms with van der Waals surface area (Å²) in [6, 6.07) is 0.804. The van der Waals surface area contributed by atoms with Gasteiger partial charge in [0.25, 0.3) is 0 Å². The van der Waals surface area contributed by atoms with Gasteiger partial charge in [0.2, 0.25) is 5.82 Å². The third kappa shape index (κ3) is 3.72. The summed E-state index contributed by atoms with van der Waals surface area (Å²) in [5.74, 6) is -1.46. The largest absolute Gasteiger partial charge is 0.467 e. The summed E-state index contributed by atoms with van der Waals surface area (Å²) in [7, 11) is 2.38. The minimum Gasteiger partial charge on any atom is -0.467 e. The van der Waals surface area contributed by atoms with E-state index in [4.69, 9.17) is 14.2 Å². The molecule has 10 nitrogen and oxygen atoms in total. The first-order chi connectivity index (χ1) is 12.6. The van der Waals surface area contributed by atoms with E-state index in [2.05, 4.69) is 4.98 Å². The van der Waals surface area contributed by atoms with E-state index in [9.17, 15) is 19.6 Å². The number of carbonyl (C=O) groups is 3. The number of amides is 1. The molecular weight excluding hydrogens is 356 g/mol. The van der Waals surface area contributed by atoms with Crippen LogP contribution in [0.3, 0.4) is 0 Å². The zero-order valence-electron chi connectivity index (χ0n) is 15.9. The average Bonchev–Trinajstić information content (AvgIpc) is 3.23. The lowest BCUT2D eigenvalue weighted by atomic mass is 9.95. The first-order valence-electron chi connectivity index (χ1n) is 8.19. The Labute approximate surface area is 156 Å². The van der Waals surface area contributed by atoms with Crippen molar-refractivity contribution < 1.29 is 28.6 Å². The van der Waals surface area contributed by atoms with Gasteiger partial charge in [-0.25, -0.2) is 19.4 Å². The van der Waals surface area contributed by atoms with Crippen LogP contribution in [0.1, 0.15) is 33.0 Å². The van der Waals surface area contributed by atoms with E-state index in [1.165, 1.54) is 31.2 Å². The number of methoxy groups -OCH3 is 2. The highest BCUT2D eigenvalue weighted by molar-refractivity contribution is 5.88. The number of nitriles is 1. The van der Waals surface area contributed by atoms with Crippen molar-refractivity contribution in [3.63, 3.8) is 0 Å². The van der Waals surface area contributed by atoms with Crippen LogP contribution in [0.25, 0.3) is 0 Å². The molecule has 1 amide bonds. The summed E-state index contributed by atoms with van der Waals surface area (Å²) in [4.78, 5) is 42.7. The van der Waals surface area contributed by atoms with E-state index in [-0.39, 0.29) is 18.8 Å². The third-order valence-electron chi connectivity index (χ3n) is 4.21. The molecule has 1 aliphatic rings. The number of imidazole rings is 1. The zero-order valence-corrected chi connectivity index (χ0v) is 15.9. The Morgan fingerprint density at radius 1 is 1.30 bits per heavy atom. The van der Waals surface area contributed by atoms with Crippen LogP contribution >= 0.6 is 0 Å². The van der Waals surface area contributed by atoms with Crippen LogP contribution in [0.4, 0.5) is 4.79 Å². The minimum absolute atomic E-state index is 0.0462. The summed E-state index contributed by atoms with van der Waals surface area (Å²) in [5.41, 5.74) is -2.31. The maximum Gasteiger partial charge on any atom is 0.411 e. The van der Waals surface area contributed by atoms with Gasteiger partial charge in [-0.2, -0.15) is 5.26 Å². The molecule has 27 heavy (non-hydrogen) atoms. The van der Waals surface area contributed by atoms with Crippen LogP contribution in [0, 0.1) is 11.3 Å². The first-order valence-corrected chi connectivity index (χ1v) is 8.19. The molecule has 1 aromatic rings. The molecule has 1 aromatic heterocycles. The highest BCUT2D eigenvalue weighted by Crippen LogP contribution is 2.37. The second-order valence-corrected chi connectivity index (χ2v) is 7.11. The van der Waals surface area contributed by atoms with Crippen molar-refractivity contribution in [1.29, 1.82) is 5.26 Å². The van der Waals surface area contributed by atoms with Crippen LogP contribution in [0.5, 0.6) is 0 Å². The molecule has 10 heteroatoms. The second kappa shape index (κ2) is 7.26. The number of hydrogen-bond donors (Lipinski definition) is 0. The zero-order chi connectivity index (χ0) is 20.4. The van der Waals surface area contributed by atoms with Crippen molar-refractivity contribution in [3.05, 3.63) is 18.2 Å². The highest BCUT2D eigenvalue weighted by atomic mass is 16.6. The molecule has 0 aromatic carbocycles. The normalized spacial score (nSPS) is 22.1. The number of rotatable bonds is 3. The summed E-state index contributed by atoms with van der Waals surface area (Å²) in [6.07, 6.45) is 1.87. The number of hydrogen-bond acceptors (Lipinski definition) is 8. The van der Waals surface area contributed by atoms with Crippen molar-refractivity contribution in [2.24, 2.45) is 0 Å². The third-order valence-corrected chi connectivity index (χ3v) is 4.21. The summed E-state index contributed by atoms with van der Waals surface area (Å²) in [6.45, 7) is 4.82. The maximum atomic E-state index is 12.7. The van der Waals surface area contributed by atoms with Crippen LogP contribution in [0.15, 0.2) is 12.4 Å². The number of ether oxygens (including phenoxy) is 3. The van der Waals surface area contributed by atoms with E-state index in [0.717, 1.165) is 4.90 Å². The van der Waals surface area contributed by atoms with E-state index >= 15 is 0 Å². The standard InChI is InChI=1S/C17H22N4O6/c1-16(2,3)27-15(24)20-10-17(14(23)26-5,8-11(20)13(22)25-4)21-7-6-19-12(21)9-18/h6-7,11H,8,10H2,1-5H3/t11-,17+/m0/s1. The SMILES string of the molecule is COC(=O)[C@@H]1C[C@@](C(=O)OC)(n2ccnc2C#N)CN1C(=O)OC(C)(C)C. The molecule has 2 atom stereocenters. The summed E-state index contributed by atoms with van der Waals surface area (Å²) in [5, 5.41) is 9.30. The average molecular weight is 378 g/mol. The predicted octanol–water partition coefficient (Wildman–Crippen LogP) is 0.805. The molecule has 0 unspecified atom stereocenters. The lowest BCUT2D eigenvalue weighted by Crippen LogP contribution is -2.47. The fourth-order valence-electron chi connectivity index (χ4n) is 3.09. The predicted molar refractivity (Wildman–Crippen MR) is 90.3 cm³/mol. The topological polar surface area (TPSA) is 124 Å². The fourth-order valence-corrected chi connectivity index (χ4v) is 3.09. The van der Waals surface area contributed by atoms with Crippen molar-refractivity contribution in [2.75, 3.05) is 20.8 Å². The molecule has 1 aliphatic heterocycles. The van der Waals surface area contributed by atoms with Gasteiger partial charge < -0.3 is 18.8 Å². The van der Waals surface area contributed by atoms with Crippen molar-refractivity contribution in [2.45, 2.75) is 44.4 Å². The van der Waals surface area contributed by atoms with Gasteiger partial charge in [0.15, 0.2) is 5.54 Å². The molecule has 0 spiro atoms. The van der Waals surface area contributed by atoms with Gasteiger partial charge in [0.1, 0.15) is 17.7 Å². The van der Waals surface area contributed by atoms with Crippen molar-refractivity contribution >= 4 is 18.0 Å². The number of nitrogens with zero attached hydrogens (tertiary/aromatic N) is 4. The molecule has 0 radical (unpaired) electrons. The van der Waals surface area contributed by atoms with E-state index in [0.29, 0.717) is 0 Å². The molecule has 0 bridgehead atoms. The number of carbonyl (C=O) groups excluding carboxylic acids is 3. The number of esters is 2. The lowest BCUT2D eigenvalue weighted by molar-refractivity contribution is -0.150. The summed E-state index contributed by atoms with van der Waals surface area (Å²) >= 11 is 0. The van der Waals surface area contributed by atoms with Crippen molar-refractivity contribution in [1.82, 2.24) is 14.5 Å². The number of likely N-dealkylation sites (tertiary alicyclic amines) is 1. The smallest absolute Gasteiger partial charge is 0.411 e. The molecule has 1 saturated heterocycles. The Kier molecular flexibility index (Phi) is 5.44. The van der Waals surface area contributed by atoms with Gasteiger partial charge >= 0.3 is 18.0 Å². The molecule has 2 heterocycles. The maximum absolute atomic E-state index is 12.7. The van der Waals surface area contributed by atoms with E-state index in [1.54, 1.807) is 20.8 Å². The molecule has 0 saturated carbocycles. The molecule has 0 aliphatic carbocycles. The van der Waals surface area contributed by atoms with Gasteiger partial charge in [-0.1, -0.05) is 0 Å². The Bertz CT molecular complexity index is 790.